The minimum Gasteiger partial charge on any atom is -0.497 e. The number of hydrogen-bond donors (Lipinski definition) is 0. The van der Waals surface area contributed by atoms with Crippen molar-refractivity contribution in [2.24, 2.45) is 0 Å². The molecule has 1 saturated heterocycles. The Morgan fingerprint density at radius 3 is 2.86 bits per heavy atom. The molecule has 1 aliphatic rings. The summed E-state index contributed by atoms with van der Waals surface area (Å²) in [5, 5.41) is -0.146. The maximum Gasteiger partial charge on any atom is 0.128 e. The Kier molecular flexibility index (Phi) is 4.09. The van der Waals surface area contributed by atoms with Gasteiger partial charge in [-0.2, -0.15) is 0 Å². The standard InChI is InChI=1S/C16H21ClN2O2/c1-10(17)16-18-13-9-12(20-3)6-7-14(13)19(16)11(2)15-5-4-8-21-15/h6-7,9-11,15H,4-5,8H2,1-3H3. The van der Waals surface area contributed by atoms with E-state index in [1.165, 1.54) is 0 Å². The lowest BCUT2D eigenvalue weighted by Crippen LogP contribution is -2.22. The number of rotatable bonds is 4. The average Bonchev–Trinajstić information content (AvgIpc) is 3.13. The number of halogens is 1. The van der Waals surface area contributed by atoms with Crippen LogP contribution in [0.1, 0.15) is 43.9 Å². The summed E-state index contributed by atoms with van der Waals surface area (Å²) in [5.41, 5.74) is 2.00. The van der Waals surface area contributed by atoms with Crippen LogP contribution in [0.25, 0.3) is 11.0 Å². The van der Waals surface area contributed by atoms with Crippen molar-refractivity contribution in [3.8, 4) is 5.75 Å². The summed E-state index contributed by atoms with van der Waals surface area (Å²) >= 11 is 6.35. The molecule has 1 aromatic heterocycles. The maximum atomic E-state index is 6.35. The zero-order valence-corrected chi connectivity index (χ0v) is 13.4. The minimum atomic E-state index is -0.146. The van der Waals surface area contributed by atoms with Gasteiger partial charge in [0.1, 0.15) is 11.6 Å². The fourth-order valence-corrected chi connectivity index (χ4v) is 3.24. The van der Waals surface area contributed by atoms with Crippen LogP contribution in [0.3, 0.4) is 0 Å². The Bertz CT molecular complexity index is 632. The highest BCUT2D eigenvalue weighted by Crippen LogP contribution is 2.33. The summed E-state index contributed by atoms with van der Waals surface area (Å²) in [4.78, 5) is 4.71. The first-order chi connectivity index (χ1) is 10.1. The van der Waals surface area contributed by atoms with E-state index in [1.807, 2.05) is 19.1 Å². The largest absolute Gasteiger partial charge is 0.497 e. The SMILES string of the molecule is COc1ccc2c(c1)nc(C(C)Cl)n2C(C)C1CCCO1. The van der Waals surface area contributed by atoms with E-state index in [4.69, 9.17) is 26.1 Å². The lowest BCUT2D eigenvalue weighted by molar-refractivity contribution is 0.0736. The Morgan fingerprint density at radius 2 is 2.24 bits per heavy atom. The maximum absolute atomic E-state index is 6.35. The van der Waals surface area contributed by atoms with Crippen LogP contribution in [0.5, 0.6) is 5.75 Å². The second kappa shape index (κ2) is 5.85. The average molecular weight is 309 g/mol. The van der Waals surface area contributed by atoms with Crippen LogP contribution in [0.4, 0.5) is 0 Å². The first kappa shape index (κ1) is 14.7. The molecule has 2 aromatic rings. The number of imidazole rings is 1. The monoisotopic (exact) mass is 308 g/mol. The van der Waals surface area contributed by atoms with Crippen LogP contribution in [-0.2, 0) is 4.74 Å². The van der Waals surface area contributed by atoms with Gasteiger partial charge in [0.15, 0.2) is 0 Å². The van der Waals surface area contributed by atoms with E-state index in [0.717, 1.165) is 42.1 Å². The fourth-order valence-electron chi connectivity index (χ4n) is 3.08. The van der Waals surface area contributed by atoms with Crippen LogP contribution in [0, 0.1) is 0 Å². The highest BCUT2D eigenvalue weighted by atomic mass is 35.5. The van der Waals surface area contributed by atoms with Crippen molar-refractivity contribution in [1.82, 2.24) is 9.55 Å². The predicted octanol–water partition coefficient (Wildman–Crippen LogP) is 4.08. The van der Waals surface area contributed by atoms with E-state index in [-0.39, 0.29) is 17.5 Å². The molecule has 114 valence electrons. The zero-order chi connectivity index (χ0) is 15.0. The molecule has 1 aromatic carbocycles. The topological polar surface area (TPSA) is 36.3 Å². The number of nitrogens with zero attached hydrogens (tertiary/aromatic N) is 2. The van der Waals surface area contributed by atoms with Gasteiger partial charge in [-0.1, -0.05) is 0 Å². The molecule has 2 heterocycles. The number of benzene rings is 1. The van der Waals surface area contributed by atoms with Crippen molar-refractivity contribution < 1.29 is 9.47 Å². The highest BCUT2D eigenvalue weighted by Gasteiger charge is 2.28. The molecule has 0 saturated carbocycles. The van der Waals surface area contributed by atoms with E-state index in [9.17, 15) is 0 Å². The Labute approximate surface area is 130 Å². The molecule has 0 amide bonds. The molecule has 3 rings (SSSR count). The normalized spacial score (nSPS) is 21.6. The van der Waals surface area contributed by atoms with Gasteiger partial charge in [-0.25, -0.2) is 4.98 Å². The van der Waals surface area contributed by atoms with Gasteiger partial charge in [-0.15, -0.1) is 11.6 Å². The third-order valence-corrected chi connectivity index (χ3v) is 4.39. The van der Waals surface area contributed by atoms with Gasteiger partial charge in [0.05, 0.1) is 35.7 Å². The van der Waals surface area contributed by atoms with Crippen molar-refractivity contribution >= 4 is 22.6 Å². The van der Waals surface area contributed by atoms with E-state index >= 15 is 0 Å². The van der Waals surface area contributed by atoms with Gasteiger partial charge < -0.3 is 14.0 Å². The van der Waals surface area contributed by atoms with E-state index < -0.39 is 0 Å². The molecule has 21 heavy (non-hydrogen) atoms. The second-order valence-electron chi connectivity index (χ2n) is 5.60. The van der Waals surface area contributed by atoms with Gasteiger partial charge in [0.25, 0.3) is 0 Å². The first-order valence-corrected chi connectivity index (χ1v) is 7.87. The van der Waals surface area contributed by atoms with Crippen LogP contribution >= 0.6 is 11.6 Å². The van der Waals surface area contributed by atoms with Crippen molar-refractivity contribution in [1.29, 1.82) is 0 Å². The van der Waals surface area contributed by atoms with Crippen LogP contribution in [0.15, 0.2) is 18.2 Å². The molecule has 1 aliphatic heterocycles. The smallest absolute Gasteiger partial charge is 0.128 e. The molecule has 3 atom stereocenters. The molecule has 0 spiro atoms. The lowest BCUT2D eigenvalue weighted by atomic mass is 10.1. The number of methoxy groups -OCH3 is 1. The number of fused-ring (bicyclic) bond motifs is 1. The zero-order valence-electron chi connectivity index (χ0n) is 12.7. The number of ether oxygens (including phenoxy) is 2. The molecule has 3 unspecified atom stereocenters. The molecule has 0 bridgehead atoms. The summed E-state index contributed by atoms with van der Waals surface area (Å²) in [6, 6.07) is 6.19. The lowest BCUT2D eigenvalue weighted by Gasteiger charge is -2.23. The molecule has 0 N–H and O–H groups in total. The van der Waals surface area contributed by atoms with Gasteiger partial charge >= 0.3 is 0 Å². The molecular weight excluding hydrogens is 288 g/mol. The third kappa shape index (κ3) is 2.62. The molecule has 0 aliphatic carbocycles. The third-order valence-electron chi connectivity index (χ3n) is 4.19. The Morgan fingerprint density at radius 1 is 1.43 bits per heavy atom. The Balaban J connectivity index is 2.11. The van der Waals surface area contributed by atoms with Crippen LogP contribution < -0.4 is 4.74 Å². The molecule has 4 nitrogen and oxygen atoms in total. The fraction of sp³-hybridized carbons (Fsp3) is 0.562. The summed E-state index contributed by atoms with van der Waals surface area (Å²) in [6.07, 6.45) is 2.45. The van der Waals surface area contributed by atoms with Gasteiger partial charge in [-0.3, -0.25) is 0 Å². The van der Waals surface area contributed by atoms with Crippen molar-refractivity contribution in [2.45, 2.75) is 44.2 Å². The van der Waals surface area contributed by atoms with E-state index in [1.54, 1.807) is 7.11 Å². The number of alkyl halides is 1. The molecule has 0 radical (unpaired) electrons. The molecule has 5 heteroatoms. The van der Waals surface area contributed by atoms with Crippen LogP contribution in [-0.4, -0.2) is 29.4 Å². The van der Waals surface area contributed by atoms with Gasteiger partial charge in [-0.05, 0) is 38.8 Å². The Hall–Kier alpha value is -1.26. The summed E-state index contributed by atoms with van der Waals surface area (Å²) < 4.78 is 13.4. The van der Waals surface area contributed by atoms with Crippen molar-refractivity contribution in [3.63, 3.8) is 0 Å². The molecular formula is C16H21ClN2O2. The molecule has 1 fully saturated rings. The summed E-state index contributed by atoms with van der Waals surface area (Å²) in [6.45, 7) is 4.99. The van der Waals surface area contributed by atoms with Crippen molar-refractivity contribution in [2.75, 3.05) is 13.7 Å². The number of aromatic nitrogens is 2. The van der Waals surface area contributed by atoms with Gasteiger partial charge in [0.2, 0.25) is 0 Å². The van der Waals surface area contributed by atoms with E-state index in [0.29, 0.717) is 0 Å². The highest BCUT2D eigenvalue weighted by molar-refractivity contribution is 6.20. The minimum absolute atomic E-state index is 0.146. The number of hydrogen-bond acceptors (Lipinski definition) is 3. The predicted molar refractivity (Wildman–Crippen MR) is 84.2 cm³/mol. The van der Waals surface area contributed by atoms with Gasteiger partial charge in [0, 0.05) is 12.7 Å². The van der Waals surface area contributed by atoms with E-state index in [2.05, 4.69) is 17.6 Å². The van der Waals surface area contributed by atoms with Crippen LogP contribution in [0.2, 0.25) is 0 Å². The van der Waals surface area contributed by atoms with Crippen molar-refractivity contribution in [3.05, 3.63) is 24.0 Å². The first-order valence-electron chi connectivity index (χ1n) is 7.43. The summed E-state index contributed by atoms with van der Waals surface area (Å²) in [5.74, 6) is 1.70. The second-order valence-corrected chi connectivity index (χ2v) is 6.26. The summed E-state index contributed by atoms with van der Waals surface area (Å²) in [7, 11) is 1.66. The quantitative estimate of drug-likeness (QED) is 0.798.